The molecule has 0 amide bonds. The topological polar surface area (TPSA) is 445 Å². The number of aliphatic hydroxyl groups is 1. The number of aromatic carboxylic acids is 2. The Kier molecular flexibility index (Phi) is 92.1. The van der Waals surface area contributed by atoms with Crippen LogP contribution in [-0.4, -0.2) is 121 Å². The van der Waals surface area contributed by atoms with E-state index in [1.807, 2.05) is 66.7 Å². The van der Waals surface area contributed by atoms with Crippen molar-refractivity contribution in [1.82, 2.24) is 0 Å². The second-order valence-corrected chi connectivity index (χ2v) is 34.3. The van der Waals surface area contributed by atoms with Crippen molar-refractivity contribution in [2.75, 3.05) is 31.4 Å². The Morgan fingerprint density at radius 1 is 0.514 bits per heavy atom. The third-order valence-electron chi connectivity index (χ3n) is 12.3. The fourth-order valence-corrected chi connectivity index (χ4v) is 10.2. The number of nitrogens with two attached hydrogens (primary N) is 2. The number of unbranched alkanes of at least 4 members (excludes halogenated alkanes) is 1. The molecule has 8 N–H and O–H groups in total. The Morgan fingerprint density at radius 3 is 1.05 bits per heavy atom. The summed E-state index contributed by atoms with van der Waals surface area (Å²) in [6, 6.07) is 11.3. The average molecular weight is 1780 g/mol. The number of primary sulfonamides is 2. The number of carboxylic acids is 2. The van der Waals surface area contributed by atoms with Gasteiger partial charge in [-0.3, -0.25) is 10.0 Å². The molecular weight excluding hydrogens is 1650 g/mol. The van der Waals surface area contributed by atoms with E-state index in [2.05, 4.69) is 103 Å². The van der Waals surface area contributed by atoms with Gasteiger partial charge in [-0.2, -0.15) is 16.0 Å². The first kappa shape index (κ1) is 128. The van der Waals surface area contributed by atoms with E-state index in [1.165, 1.54) is 25.7 Å². The van der Waals surface area contributed by atoms with Gasteiger partial charge < -0.3 is 63.7 Å². The van der Waals surface area contributed by atoms with Crippen molar-refractivity contribution in [3.05, 3.63) is 136 Å². The fourth-order valence-electron chi connectivity index (χ4n) is 8.35. The third-order valence-corrected chi connectivity index (χ3v) is 15.0. The molecule has 0 radical (unpaired) electrons. The Hall–Kier alpha value is -3.89. The molecule has 6 aromatic rings. The molecule has 0 saturated heterocycles. The zero-order valence-electron chi connectivity index (χ0n) is 69.4. The molecule has 6 rings (SSSR count). The van der Waals surface area contributed by atoms with Gasteiger partial charge in [0.15, 0.2) is 0 Å². The standard InChI is InChI=1S/C13H21NO5S.C13H20O3.C11H17NO5S.C11H16O3.C10H16O.C4H4O.C4H9.C3H7Br.C2H6O.CH3ClO2S.CO2.2CH3.Al.2ClH.Li.Na.H2O/c1-4-7-9-11(13(15)18-6-3)12(20(14,16)17)10(19-9)8-5-2;1-4-7-10-9-11(13(14)15-6-3)12(16-10)8-5-2;1-3-5-7-9(11(13)14)10(18(12,15)16)8(17-7)6-4-2;1-3-5-8-7-9(11(12)13)10(14-8)6-4-2;1-3-5-9-7-8-10(11-9)6-4-2;1-2-4-5-3-1;1-3-4-2;1-2-3-4;1-2-3;1-5(2,3)4;2-1-3;;;;;;;;/h4-8H2,1-3H3,(H2,14,16,17);9H,4-8H2,1-3H3;3-6H2,1-2H3,(H,13,14)(H2,12,15,16);7H,3-6H2,1-2H3,(H,12,13);7-8H,3-6H2,1-2H3;1-4H;1,3-4H2,2H3;2-3H2,1H3;3H,2H2,1H3;1H3;;2*1H3;;2*1H;;;1H2/q;;;;;;-1;;;;;;;+1;;;2*+1;/p-2. The van der Waals surface area contributed by atoms with Crippen molar-refractivity contribution < 1.29 is 159 Å². The molecule has 0 spiro atoms. The zero-order valence-corrected chi connectivity index (χ0v) is 78.9. The number of rotatable bonds is 30. The molecule has 0 bridgehead atoms. The summed E-state index contributed by atoms with van der Waals surface area (Å²) in [5.74, 6) is 7.17. The van der Waals surface area contributed by atoms with Crippen molar-refractivity contribution in [2.45, 2.75) is 273 Å². The molecule has 36 heteroatoms. The van der Waals surface area contributed by atoms with Crippen molar-refractivity contribution in [2.24, 2.45) is 10.3 Å². The largest absolute Gasteiger partial charge is 1.00 e. The van der Waals surface area contributed by atoms with Crippen LogP contribution >= 0.6 is 49.1 Å². The monoisotopic (exact) mass is 1780 g/mol. The van der Waals surface area contributed by atoms with E-state index in [4.69, 9.17) is 76.8 Å². The van der Waals surface area contributed by atoms with Gasteiger partial charge in [0.25, 0.3) is 0 Å². The minimum atomic E-state index is -4.10. The van der Waals surface area contributed by atoms with Crippen LogP contribution in [0, 0.1) is 6.92 Å². The van der Waals surface area contributed by atoms with Crippen LogP contribution in [0.15, 0.2) is 85.2 Å². The smallest absolute Gasteiger partial charge is 0.870 e. The zero-order chi connectivity index (χ0) is 83.7. The van der Waals surface area contributed by atoms with Crippen molar-refractivity contribution in [3.63, 3.8) is 0 Å². The summed E-state index contributed by atoms with van der Waals surface area (Å²) >= 11 is 2.58. The van der Waals surface area contributed by atoms with E-state index >= 15 is 0 Å². The quantitative estimate of drug-likeness (QED) is 0.00919. The number of carboxylic acid groups (broad SMARTS) is 2. The fraction of sp³-hybridized carbons (Fsp3) is 0.600. The van der Waals surface area contributed by atoms with Crippen LogP contribution in [-0.2, 0) is 112 Å². The van der Waals surface area contributed by atoms with Gasteiger partial charge in [-0.15, -0.1) is 12.4 Å². The van der Waals surface area contributed by atoms with Gasteiger partial charge in [-0.05, 0) is 128 Å². The number of esters is 2. The first-order valence-corrected chi connectivity index (χ1v) is 47.3. The summed E-state index contributed by atoms with van der Waals surface area (Å²) in [7, 11) is -1.42. The third kappa shape index (κ3) is 65.9. The summed E-state index contributed by atoms with van der Waals surface area (Å²) < 4.78 is 108. The van der Waals surface area contributed by atoms with Crippen molar-refractivity contribution in [1.29, 1.82) is 0 Å². The van der Waals surface area contributed by atoms with Gasteiger partial charge in [0.05, 0.1) is 32.0 Å². The molecule has 0 unspecified atom stereocenters. The number of ether oxygens (including phenoxy) is 2. The number of carbonyl (C=O) groups excluding carboxylic acids is 4. The number of hydrogen-bond acceptors (Lipinski definition) is 22. The number of hydrogen-bond donors (Lipinski definition) is 5. The van der Waals surface area contributed by atoms with Gasteiger partial charge in [0, 0.05) is 86.8 Å². The Labute approximate surface area is 724 Å². The number of alkyl halides is 1. The summed E-state index contributed by atoms with van der Waals surface area (Å²) in [6.07, 6.45) is 23.7. The minimum absolute atomic E-state index is 0. The summed E-state index contributed by atoms with van der Waals surface area (Å²) in [5, 5.41) is 37.1. The molecule has 111 heavy (non-hydrogen) atoms. The molecule has 0 aromatic carbocycles. The number of carbonyl (C=O) groups is 4. The van der Waals surface area contributed by atoms with Gasteiger partial charge in [-0.25, -0.2) is 54.7 Å². The number of halogens is 4. The van der Waals surface area contributed by atoms with Crippen LogP contribution in [0.1, 0.15) is 286 Å². The molecule has 6 aromatic heterocycles. The molecule has 0 atom stereocenters. The normalized spacial score (nSPS) is 9.74. The van der Waals surface area contributed by atoms with Gasteiger partial charge >= 0.3 is 91.7 Å². The maximum absolute atomic E-state index is 12.0. The Balaban J connectivity index is -0.000000132. The first-order chi connectivity index (χ1) is 50.3. The molecular formula is C75H127AlBrCl3LiN2NaO24S3. The Morgan fingerprint density at radius 2 is 0.784 bits per heavy atom. The van der Waals surface area contributed by atoms with Gasteiger partial charge in [-0.1, -0.05) is 117 Å². The molecule has 0 aliphatic heterocycles. The van der Waals surface area contributed by atoms with E-state index in [1.54, 1.807) is 32.4 Å². The van der Waals surface area contributed by atoms with Crippen LogP contribution in [0.3, 0.4) is 0 Å². The minimum Gasteiger partial charge on any atom is -0.870 e. The maximum atomic E-state index is 12.0. The van der Waals surface area contributed by atoms with Crippen LogP contribution in [0.25, 0.3) is 0 Å². The van der Waals surface area contributed by atoms with E-state index in [-0.39, 0.29) is 130 Å². The number of sulfonamides is 2. The van der Waals surface area contributed by atoms with Crippen molar-refractivity contribution >= 4 is 121 Å². The molecule has 26 nitrogen and oxygen atoms in total. The maximum Gasteiger partial charge on any atom is 1.00 e. The van der Waals surface area contributed by atoms with E-state index < -0.39 is 60.2 Å². The van der Waals surface area contributed by atoms with E-state index in [0.717, 1.165) is 111 Å². The van der Waals surface area contributed by atoms with E-state index in [9.17, 15) is 44.4 Å². The second kappa shape index (κ2) is 79.9. The molecule has 6 heterocycles. The van der Waals surface area contributed by atoms with Gasteiger partial charge in [0.2, 0.25) is 29.1 Å². The SMILES string of the molecule is CCCBr.CCCc1cc(C(=O)O)c(CCC)o1.CCCc1cc(C(=O)OCC)c(CCC)o1.CCCc1ccc(CCC)o1.CCCc1oc(CCC)c(S(N)(=O)=O)c1C(=O)O.CCCc1oc(CCC)c(S(N)(=O)=O)c1C(=O)OCC.CCO.CS(=O)(=O)Cl.Cl.O=C=O.[CH2-]CCC.[CH3][Al]([CH3])[Cl].[Li+].[Na+].[OH-].c1ccoc1. The average Bonchev–Trinajstić information content (AvgIpc) is 1.64. The van der Waals surface area contributed by atoms with E-state index in [0.29, 0.717) is 80.6 Å². The summed E-state index contributed by atoms with van der Waals surface area (Å²) in [4.78, 5) is 61.4. The van der Waals surface area contributed by atoms with Gasteiger partial charge in [0.1, 0.15) is 89.6 Å². The molecule has 0 aliphatic carbocycles. The Bertz CT molecular complexity index is 3580. The number of aryl methyl sites for hydroxylation is 10. The molecule has 0 saturated carbocycles. The molecule has 0 fully saturated rings. The van der Waals surface area contributed by atoms with Crippen LogP contribution in [0.2, 0.25) is 11.6 Å². The van der Waals surface area contributed by atoms with Crippen LogP contribution in [0.4, 0.5) is 0 Å². The van der Waals surface area contributed by atoms with Crippen LogP contribution in [0.5, 0.6) is 0 Å². The van der Waals surface area contributed by atoms with Crippen LogP contribution < -0.4 is 58.7 Å². The number of aliphatic hydroxyl groups excluding tert-OH is 1. The molecule has 632 valence electrons. The predicted octanol–water partition coefficient (Wildman–Crippen LogP) is 13.0. The molecule has 0 aliphatic rings. The predicted molar refractivity (Wildman–Crippen MR) is 436 cm³/mol. The summed E-state index contributed by atoms with van der Waals surface area (Å²) in [6.45, 7) is 33.8. The summed E-state index contributed by atoms with van der Waals surface area (Å²) in [5.41, 5.74) is 0.574. The van der Waals surface area contributed by atoms with Crippen molar-refractivity contribution in [3.8, 4) is 0 Å². The first-order valence-electron chi connectivity index (χ1n) is 36.3. The number of furan rings is 6. The second-order valence-electron chi connectivity index (χ2n) is 22.8.